The van der Waals surface area contributed by atoms with Crippen LogP contribution in [-0.2, 0) is 45.0 Å². The number of phenols is 1. The normalized spacial score (nSPS) is 31.4. The second-order valence-electron chi connectivity index (χ2n) is 30.9. The number of carbonyl (C=O) groups excluding carboxylic acids is 4. The van der Waals surface area contributed by atoms with Gasteiger partial charge >= 0.3 is 53.4 Å². The average Bonchev–Trinajstić information content (AvgIpc) is 1.31. The molecule has 21 rings (SSSR count). The Labute approximate surface area is 637 Å². The van der Waals surface area contributed by atoms with Gasteiger partial charge in [0.2, 0.25) is 0 Å². The summed E-state index contributed by atoms with van der Waals surface area (Å²) in [7, 11) is 0. The van der Waals surface area contributed by atoms with Gasteiger partial charge in [-0.25, -0.2) is 19.2 Å². The van der Waals surface area contributed by atoms with Crippen molar-refractivity contribution in [2.24, 2.45) is 29.6 Å². The Bertz CT molecular complexity index is 4630. The third-order valence-electron chi connectivity index (χ3n) is 26.0. The molecule has 3 N–H and O–H groups in total. The van der Waals surface area contributed by atoms with Gasteiger partial charge in [-0.3, -0.25) is 9.80 Å². The quantitative estimate of drug-likeness (QED) is 0.0344. The zero-order valence-electron chi connectivity index (χ0n) is 59.8. The van der Waals surface area contributed by atoms with Gasteiger partial charge in [0.1, 0.15) is 24.4 Å². The molecule has 18 heteroatoms. The van der Waals surface area contributed by atoms with E-state index in [1.165, 1.54) is 47.9 Å². The van der Waals surface area contributed by atoms with E-state index in [9.17, 15) is 29.4 Å². The summed E-state index contributed by atoms with van der Waals surface area (Å²) in [5.41, 5.74) is 8.34. The minimum Gasteiger partial charge on any atom is -0.504 e. The van der Waals surface area contributed by atoms with Crippen LogP contribution in [0.25, 0.3) is 0 Å². The number of ether oxygens (including phenoxy) is 7. The molecular weight excluding hydrogens is 1330 g/mol. The van der Waals surface area contributed by atoms with Crippen LogP contribution in [0, 0.1) is 37.0 Å². The molecule has 16 nitrogen and oxygen atoms in total. The molecule has 105 heavy (non-hydrogen) atoms. The van der Waals surface area contributed by atoms with Crippen LogP contribution in [0.5, 0.6) is 34.5 Å². The second-order valence-corrected chi connectivity index (χ2v) is 30.9. The van der Waals surface area contributed by atoms with E-state index in [0.29, 0.717) is 81.1 Å². The van der Waals surface area contributed by atoms with Gasteiger partial charge in [0.05, 0.1) is 22.3 Å². The van der Waals surface area contributed by atoms with Crippen LogP contribution in [-0.4, -0.2) is 139 Å². The van der Waals surface area contributed by atoms with E-state index in [1.807, 2.05) is 103 Å². The Morgan fingerprint density at radius 1 is 0.476 bits per heavy atom. The molecule has 6 heterocycles. The largest absolute Gasteiger partial charge is 1.00 e. The van der Waals surface area contributed by atoms with Crippen molar-refractivity contribution in [1.82, 2.24) is 15.1 Å². The van der Waals surface area contributed by atoms with E-state index >= 15 is 0 Å². The molecule has 7 aromatic carbocycles. The minimum atomic E-state index is -0.595. The minimum absolute atomic E-state index is 0. The summed E-state index contributed by atoms with van der Waals surface area (Å²) in [6.45, 7) is 7.67. The van der Waals surface area contributed by atoms with Crippen LogP contribution in [0.15, 0.2) is 194 Å². The topological polar surface area (TPSA) is 192 Å². The van der Waals surface area contributed by atoms with Crippen molar-refractivity contribution in [3.8, 4) is 34.5 Å². The second kappa shape index (κ2) is 27.5. The van der Waals surface area contributed by atoms with Crippen LogP contribution in [0.4, 0.5) is 0 Å². The third kappa shape index (κ3) is 11.3. The number of phenolic OH excluding ortho intramolecular Hbond substituents is 1. The first-order valence-corrected chi connectivity index (χ1v) is 37.0. The first-order valence-electron chi connectivity index (χ1n) is 37.0. The number of aliphatic hydroxyl groups excluding tert-OH is 1. The molecule has 8 aliphatic carbocycles. The fourth-order valence-electron chi connectivity index (χ4n) is 21.2. The van der Waals surface area contributed by atoms with Gasteiger partial charge in [-0.05, 0) is 205 Å². The third-order valence-corrected chi connectivity index (χ3v) is 26.0. The van der Waals surface area contributed by atoms with Crippen molar-refractivity contribution in [3.05, 3.63) is 257 Å². The van der Waals surface area contributed by atoms with Gasteiger partial charge in [0.15, 0.2) is 46.7 Å². The van der Waals surface area contributed by atoms with Crippen LogP contribution < -0.4 is 58.6 Å². The zero-order valence-corrected chi connectivity index (χ0v) is 61.8. The first kappa shape index (κ1) is 71.0. The molecule has 6 aliphatic heterocycles. The maximum atomic E-state index is 13.2. The number of benzene rings is 7. The molecule has 0 aromatic heterocycles. The van der Waals surface area contributed by atoms with Crippen molar-refractivity contribution < 1.29 is 92.1 Å². The van der Waals surface area contributed by atoms with Crippen LogP contribution in [0.3, 0.4) is 0 Å². The van der Waals surface area contributed by atoms with E-state index in [1.54, 1.807) is 54.6 Å². The van der Waals surface area contributed by atoms with E-state index in [0.717, 1.165) is 81.1 Å². The van der Waals surface area contributed by atoms with Crippen molar-refractivity contribution >= 4 is 32.3 Å². The maximum Gasteiger partial charge on any atom is 1.00 e. The number of likely N-dealkylation sites (tertiary alicyclic amines) is 2. The van der Waals surface area contributed by atoms with Gasteiger partial charge in [0, 0.05) is 89.3 Å². The molecule has 2 saturated carbocycles. The predicted octanol–water partition coefficient (Wildman–Crippen LogP) is 9.42. The standard InChI is InChI=1S/C35H33NO5.C30H25NO5.C21H25NO3.CH3.B.Na/c1-21(22-12-13-22)36-19-18-35-26-15-17-29(40-34(38)24-10-6-3-7-11-24)32(35)41-31-28(16-14-25(30(31)35)20-27(26)36)39-33(37)23-8-4-2-5-9-23;32-28(18-7-3-1-4-8-18)34-23-13-11-20-17-22-21-12-14-24(35-29(33)19-9-5-2-6-10-19)27-30(21,15-16-31-22)25(20)26(23)36-27;1-11(12-2-3-12)22-9-8-21-14-5-7-17(24)20(21)25-19-16(23)6-4-13(18(19)21)10-15(14)22;;;/h2-11,14-17,21-22,26-27,29,32H,12-13,18-20H2,1H3;1-14,21-22,24,27,31H,15-17H2;4-7,11-12,14-15,17,20,23-24H,2-3,8-10H2,1H3;1H3;;/q;;;-1;;+1/t21?,26-,27+,29-,32-,35-;21-,22+,24-,27-,30-;11-,14+,15-,17+,20+,21+;;;/m001.../s1. The molecule has 5 fully saturated rings. The number of aromatic hydroxyl groups is 1. The molecule has 6 bridgehead atoms. The monoisotopic (exact) mass is 1410 g/mol. The first-order chi connectivity index (χ1) is 49.8. The molecule has 0 amide bonds. The molecule has 14 aliphatic rings. The summed E-state index contributed by atoms with van der Waals surface area (Å²) in [6, 6.07) is 50.1. The van der Waals surface area contributed by atoms with E-state index in [2.05, 4.69) is 65.4 Å². The molecular formula is C87H86BN3NaO13. The SMILES string of the molecule is CC(C1CC1)N1CC[C@]23c4c5ccc(OC(=O)c6ccccc6)c4O[C@H]2[C@@H](OC(=O)c2ccccc2)C=C[C@H]3[C@H]1C5.C[C@H](C1CC1)N1CC[C@]23c4c5ccc(O)c4O[C@H]2[C@@H](O)C=C[C@H]3[C@H]1C5.O=C(Oc1ccc2c3c1O[C@H]1[C@@H](OC(=O)c4ccccc4)C=C[C@H]4[C@@H](C2)NCC[C@@]341)c1ccccc1.[B].[CH3-].[Na+]. The van der Waals surface area contributed by atoms with E-state index < -0.39 is 42.5 Å². The summed E-state index contributed by atoms with van der Waals surface area (Å²) in [5.74, 6) is 3.80. The fraction of sp³-hybridized carbons (Fsp3) is 0.391. The molecule has 531 valence electrons. The Balaban J connectivity index is 0.000000122. The van der Waals surface area contributed by atoms with Crippen molar-refractivity contribution in [2.45, 2.75) is 161 Å². The molecule has 3 radical (unpaired) electrons. The average molecular weight is 1420 g/mol. The Hall–Kier alpha value is -8.26. The summed E-state index contributed by atoms with van der Waals surface area (Å²) < 4.78 is 43.7. The summed E-state index contributed by atoms with van der Waals surface area (Å²) in [4.78, 5) is 57.7. The van der Waals surface area contributed by atoms with Crippen molar-refractivity contribution in [3.63, 3.8) is 0 Å². The Kier molecular flexibility index (Phi) is 18.6. The van der Waals surface area contributed by atoms with Gasteiger partial charge in [0.25, 0.3) is 0 Å². The number of hydrogen-bond donors (Lipinski definition) is 3. The molecule has 3 saturated heterocycles. The number of hydrogen-bond acceptors (Lipinski definition) is 16. The Morgan fingerprint density at radius 2 is 0.867 bits per heavy atom. The number of nitrogens with zero attached hydrogens (tertiary/aromatic N) is 2. The fourth-order valence-corrected chi connectivity index (χ4v) is 21.2. The van der Waals surface area contributed by atoms with Gasteiger partial charge in [-0.2, -0.15) is 0 Å². The van der Waals surface area contributed by atoms with E-state index in [-0.39, 0.29) is 103 Å². The number of piperidine rings is 3. The number of aliphatic hydroxyl groups is 1. The zero-order chi connectivity index (χ0) is 68.9. The van der Waals surface area contributed by atoms with E-state index in [4.69, 9.17) is 33.2 Å². The summed E-state index contributed by atoms with van der Waals surface area (Å²) >= 11 is 0. The summed E-state index contributed by atoms with van der Waals surface area (Å²) in [5, 5.41) is 24.7. The smallest absolute Gasteiger partial charge is 0.504 e. The van der Waals surface area contributed by atoms with Crippen LogP contribution in [0.2, 0.25) is 0 Å². The maximum absolute atomic E-state index is 13.2. The number of carbonyl (C=O) groups is 4. The van der Waals surface area contributed by atoms with Gasteiger partial charge in [-0.1, -0.05) is 115 Å². The Morgan fingerprint density at radius 3 is 1.33 bits per heavy atom. The van der Waals surface area contributed by atoms with Crippen molar-refractivity contribution in [1.29, 1.82) is 0 Å². The van der Waals surface area contributed by atoms with Crippen LogP contribution >= 0.6 is 0 Å². The predicted molar refractivity (Wildman–Crippen MR) is 392 cm³/mol. The van der Waals surface area contributed by atoms with Gasteiger partial charge < -0.3 is 56.1 Å². The molecule has 7 aromatic rings. The van der Waals surface area contributed by atoms with Crippen molar-refractivity contribution in [2.75, 3.05) is 19.6 Å². The van der Waals surface area contributed by atoms with Crippen LogP contribution in [0.1, 0.15) is 134 Å². The number of rotatable bonds is 12. The van der Waals surface area contributed by atoms with Gasteiger partial charge in [-0.15, -0.1) is 0 Å². The molecule has 1 unspecified atom stereocenters. The molecule has 17 atom stereocenters. The summed E-state index contributed by atoms with van der Waals surface area (Å²) in [6.07, 6.45) is 20.9. The number of esters is 4. The molecule has 3 spiro atoms. The number of nitrogens with one attached hydrogen (secondary N) is 1.